The Hall–Kier alpha value is -1.14. The van der Waals surface area contributed by atoms with Gasteiger partial charge in [-0.25, -0.2) is 9.59 Å². The Morgan fingerprint density at radius 1 is 1.11 bits per heavy atom. The number of hydrogen-bond acceptors (Lipinski definition) is 6. The van der Waals surface area contributed by atoms with Crippen LogP contribution in [0.25, 0.3) is 0 Å². The van der Waals surface area contributed by atoms with Crippen LogP contribution >= 0.6 is 0 Å². The molecule has 0 atom stereocenters. The van der Waals surface area contributed by atoms with Gasteiger partial charge in [0.2, 0.25) is 0 Å². The molecule has 9 heavy (non-hydrogen) atoms. The van der Waals surface area contributed by atoms with Gasteiger partial charge in [0.1, 0.15) is 6.42 Å². The molecule has 6 nitrogen and oxygen atoms in total. The summed E-state index contributed by atoms with van der Waals surface area (Å²) in [5, 5.41) is 15.1. The molecule has 0 saturated carbocycles. The quantitative estimate of drug-likeness (QED) is 0.299. The van der Waals surface area contributed by atoms with Crippen LogP contribution in [0.4, 0.5) is 0 Å². The Kier molecular flexibility index (Phi) is 3.33. The van der Waals surface area contributed by atoms with Crippen molar-refractivity contribution in [2.75, 3.05) is 0 Å². The summed E-state index contributed by atoms with van der Waals surface area (Å²) in [5.41, 5.74) is 0. The summed E-state index contributed by atoms with van der Waals surface area (Å²) in [4.78, 5) is 25.9. The molecule has 0 heterocycles. The van der Waals surface area contributed by atoms with E-state index in [4.69, 9.17) is 10.5 Å². The lowest BCUT2D eigenvalue weighted by Gasteiger charge is -1.90. The van der Waals surface area contributed by atoms with Crippen molar-refractivity contribution >= 4 is 11.9 Å². The van der Waals surface area contributed by atoms with E-state index >= 15 is 0 Å². The third kappa shape index (κ3) is 3.44. The van der Waals surface area contributed by atoms with Crippen LogP contribution in [0.5, 0.6) is 0 Å². The second kappa shape index (κ2) is 3.81. The summed E-state index contributed by atoms with van der Waals surface area (Å²) in [6.07, 6.45) is -0.813. The van der Waals surface area contributed by atoms with E-state index in [0.29, 0.717) is 0 Å². The van der Waals surface area contributed by atoms with Crippen molar-refractivity contribution in [2.24, 2.45) is 0 Å². The maximum absolute atomic E-state index is 9.90. The zero-order valence-corrected chi connectivity index (χ0v) is 4.23. The molecule has 0 amide bonds. The highest BCUT2D eigenvalue weighted by Gasteiger charge is 2.10. The molecule has 2 N–H and O–H groups in total. The Bertz CT molecular complexity index is 103. The summed E-state index contributed by atoms with van der Waals surface area (Å²) in [5.74, 6) is -2.37. The first-order valence-electron chi connectivity index (χ1n) is 1.89. The van der Waals surface area contributed by atoms with Crippen molar-refractivity contribution < 1.29 is 29.9 Å². The minimum atomic E-state index is -1.19. The fraction of sp³-hybridized carbons (Fsp3) is 0.333. The van der Waals surface area contributed by atoms with Gasteiger partial charge in [0, 0.05) is 0 Å². The number of rotatable bonds is 2. The van der Waals surface area contributed by atoms with Gasteiger partial charge in [-0.1, -0.05) is 0 Å². The molecule has 0 bridgehead atoms. The molecule has 0 fully saturated rings. The first-order chi connectivity index (χ1) is 4.20. The Balaban J connectivity index is 3.47. The Morgan fingerprint density at radius 2 is 1.44 bits per heavy atom. The molecule has 0 spiro atoms. The fourth-order valence-electron chi connectivity index (χ4n) is 0.182. The molecule has 0 aromatic carbocycles. The third-order valence-electron chi connectivity index (χ3n) is 0.492. The average molecular weight is 136 g/mol. The predicted octanol–water partition coefficient (Wildman–Crippen LogP) is -0.591. The molecule has 0 radical (unpaired) electrons. The van der Waals surface area contributed by atoms with Crippen molar-refractivity contribution in [1.29, 1.82) is 0 Å². The van der Waals surface area contributed by atoms with Crippen LogP contribution < -0.4 is 0 Å². The minimum absolute atomic E-state index is 0.813. The van der Waals surface area contributed by atoms with Gasteiger partial charge >= 0.3 is 11.9 Å². The lowest BCUT2D eigenvalue weighted by molar-refractivity contribution is -0.247. The smallest absolute Gasteiger partial charge is 0.300 e. The molecular weight excluding hydrogens is 132 g/mol. The SMILES string of the molecule is O=C(CC(=O)OO)OO. The molecule has 6 heteroatoms. The molecule has 0 saturated heterocycles. The Morgan fingerprint density at radius 3 is 1.67 bits per heavy atom. The summed E-state index contributed by atoms with van der Waals surface area (Å²) < 4.78 is 0. The molecule has 0 rings (SSSR count). The van der Waals surface area contributed by atoms with E-state index in [2.05, 4.69) is 9.78 Å². The highest BCUT2D eigenvalue weighted by Crippen LogP contribution is 1.85. The Labute approximate surface area is 49.5 Å². The van der Waals surface area contributed by atoms with Crippen molar-refractivity contribution in [3.63, 3.8) is 0 Å². The molecule has 52 valence electrons. The van der Waals surface area contributed by atoms with Gasteiger partial charge in [0.25, 0.3) is 0 Å². The first kappa shape index (κ1) is 7.86. The van der Waals surface area contributed by atoms with Crippen LogP contribution in [-0.2, 0) is 19.4 Å². The maximum atomic E-state index is 9.90. The van der Waals surface area contributed by atoms with E-state index in [1.807, 2.05) is 0 Å². The van der Waals surface area contributed by atoms with Gasteiger partial charge in [0.05, 0.1) is 0 Å². The van der Waals surface area contributed by atoms with Crippen LogP contribution in [0.1, 0.15) is 6.42 Å². The lowest BCUT2D eigenvalue weighted by Crippen LogP contribution is -2.10. The predicted molar refractivity (Wildman–Crippen MR) is 22.1 cm³/mol. The van der Waals surface area contributed by atoms with E-state index in [-0.39, 0.29) is 0 Å². The highest BCUT2D eigenvalue weighted by atomic mass is 17.1. The van der Waals surface area contributed by atoms with E-state index in [1.54, 1.807) is 0 Å². The second-order valence-corrected chi connectivity index (χ2v) is 1.10. The van der Waals surface area contributed by atoms with Crippen LogP contribution in [-0.4, -0.2) is 22.5 Å². The standard InChI is InChI=1S/C3H4O6/c4-2(8-6)1-3(5)9-7/h6-7H,1H2. The molecule has 0 aliphatic rings. The van der Waals surface area contributed by atoms with Crippen LogP contribution in [0.2, 0.25) is 0 Å². The van der Waals surface area contributed by atoms with Crippen molar-refractivity contribution in [2.45, 2.75) is 6.42 Å². The molecule has 0 aromatic heterocycles. The van der Waals surface area contributed by atoms with Gasteiger partial charge < -0.3 is 9.78 Å². The molecular formula is C3H4O6. The topological polar surface area (TPSA) is 93.1 Å². The van der Waals surface area contributed by atoms with Gasteiger partial charge in [-0.05, 0) is 0 Å². The van der Waals surface area contributed by atoms with Crippen LogP contribution in [0.15, 0.2) is 0 Å². The monoisotopic (exact) mass is 136 g/mol. The maximum Gasteiger partial charge on any atom is 0.353 e. The number of hydrogen-bond donors (Lipinski definition) is 2. The van der Waals surface area contributed by atoms with E-state index < -0.39 is 18.4 Å². The molecule has 0 aliphatic heterocycles. The first-order valence-corrected chi connectivity index (χ1v) is 1.89. The van der Waals surface area contributed by atoms with Gasteiger partial charge in [-0.3, -0.25) is 0 Å². The minimum Gasteiger partial charge on any atom is -0.300 e. The normalized spacial score (nSPS) is 8.22. The van der Waals surface area contributed by atoms with Crippen molar-refractivity contribution in [3.8, 4) is 0 Å². The molecule has 0 aliphatic carbocycles. The van der Waals surface area contributed by atoms with Gasteiger partial charge in [0.15, 0.2) is 0 Å². The highest BCUT2D eigenvalue weighted by molar-refractivity contribution is 5.90. The zero-order chi connectivity index (χ0) is 7.28. The molecule has 0 unspecified atom stereocenters. The van der Waals surface area contributed by atoms with E-state index in [9.17, 15) is 9.59 Å². The van der Waals surface area contributed by atoms with E-state index in [1.165, 1.54) is 0 Å². The van der Waals surface area contributed by atoms with Crippen molar-refractivity contribution in [3.05, 3.63) is 0 Å². The largest absolute Gasteiger partial charge is 0.353 e. The summed E-state index contributed by atoms with van der Waals surface area (Å²) in [7, 11) is 0. The van der Waals surface area contributed by atoms with Crippen LogP contribution in [0.3, 0.4) is 0 Å². The average Bonchev–Trinajstić information content (AvgIpc) is 1.87. The number of carbonyl (C=O) groups is 2. The zero-order valence-electron chi connectivity index (χ0n) is 4.23. The van der Waals surface area contributed by atoms with E-state index in [0.717, 1.165) is 0 Å². The number of carbonyl (C=O) groups excluding carboxylic acids is 2. The fourth-order valence-corrected chi connectivity index (χ4v) is 0.182. The van der Waals surface area contributed by atoms with Gasteiger partial charge in [-0.2, -0.15) is 10.5 Å². The molecule has 0 aromatic rings. The van der Waals surface area contributed by atoms with Gasteiger partial charge in [-0.15, -0.1) is 0 Å². The van der Waals surface area contributed by atoms with Crippen LogP contribution in [0, 0.1) is 0 Å². The second-order valence-electron chi connectivity index (χ2n) is 1.10. The summed E-state index contributed by atoms with van der Waals surface area (Å²) in [6.45, 7) is 0. The summed E-state index contributed by atoms with van der Waals surface area (Å²) in [6, 6.07) is 0. The third-order valence-corrected chi connectivity index (χ3v) is 0.492. The lowest BCUT2D eigenvalue weighted by atomic mass is 10.5. The summed E-state index contributed by atoms with van der Waals surface area (Å²) >= 11 is 0. The van der Waals surface area contributed by atoms with Crippen molar-refractivity contribution in [1.82, 2.24) is 0 Å².